The van der Waals surface area contributed by atoms with Crippen molar-refractivity contribution in [2.75, 3.05) is 11.5 Å². The van der Waals surface area contributed by atoms with Gasteiger partial charge in [-0.25, -0.2) is 0 Å². The molecule has 4 saturated carbocycles. The van der Waals surface area contributed by atoms with Gasteiger partial charge in [-0.15, -0.1) is 0 Å². The van der Waals surface area contributed by atoms with Gasteiger partial charge in [-0.05, 0) is 129 Å². The quantitative estimate of drug-likeness (QED) is 0.273. The van der Waals surface area contributed by atoms with Gasteiger partial charge in [-0.3, -0.25) is 0 Å². The molecule has 4 fully saturated rings. The predicted octanol–water partition coefficient (Wildman–Crippen LogP) is 8.94. The van der Waals surface area contributed by atoms with Crippen molar-refractivity contribution in [2.45, 2.75) is 111 Å². The van der Waals surface area contributed by atoms with Gasteiger partial charge in [0.15, 0.2) is 0 Å². The van der Waals surface area contributed by atoms with Gasteiger partial charge in [0.1, 0.15) is 5.76 Å². The number of nitrogens with two attached hydrogens (primary N) is 2. The van der Waals surface area contributed by atoms with Crippen molar-refractivity contribution >= 4 is 17.1 Å². The maximum Gasteiger partial charge on any atom is 0.119 e. The van der Waals surface area contributed by atoms with Crippen molar-refractivity contribution in [3.63, 3.8) is 0 Å². The first-order chi connectivity index (χ1) is 17.7. The lowest BCUT2D eigenvalue weighted by molar-refractivity contribution is -0.109. The van der Waals surface area contributed by atoms with E-state index in [2.05, 4.69) is 34.3 Å². The minimum absolute atomic E-state index is 0.267. The van der Waals surface area contributed by atoms with Crippen LogP contribution in [0.15, 0.2) is 24.8 Å². The molecular weight excluding hydrogens is 452 g/mol. The minimum atomic E-state index is 0.267. The molecule has 1 aromatic carbocycles. The molecule has 1 aromatic rings. The highest BCUT2D eigenvalue weighted by atomic mass is 16.5. The molecule has 0 aliphatic heterocycles. The number of anilines is 2. The molecule has 3 nitrogen and oxygen atoms in total. The van der Waals surface area contributed by atoms with Crippen LogP contribution in [0.2, 0.25) is 0 Å². The van der Waals surface area contributed by atoms with Crippen LogP contribution in [-0.4, -0.2) is 6.10 Å². The van der Waals surface area contributed by atoms with Crippen molar-refractivity contribution in [1.29, 1.82) is 0 Å². The van der Waals surface area contributed by atoms with Crippen LogP contribution in [0, 0.1) is 52.8 Å². The lowest BCUT2D eigenvalue weighted by Gasteiger charge is -2.59. The molecule has 3 heteroatoms. The number of hydrogen-bond donors (Lipinski definition) is 2. The number of nitrogen functional groups attached to an aromatic ring is 2. The number of fused-ring (bicyclic) bond motifs is 5. The number of rotatable bonds is 8. The summed E-state index contributed by atoms with van der Waals surface area (Å²) < 4.78 is 6.47. The summed E-state index contributed by atoms with van der Waals surface area (Å²) in [6.07, 6.45) is 17.1. The average molecular weight is 507 g/mol. The molecule has 5 rings (SSSR count). The monoisotopic (exact) mass is 506 g/mol. The van der Waals surface area contributed by atoms with E-state index in [0.717, 1.165) is 65.1 Å². The molecule has 0 spiro atoms. The molecule has 0 aromatic heterocycles. The fraction of sp³-hybridized carbons (Fsp3) is 0.765. The fourth-order valence-corrected chi connectivity index (χ4v) is 9.90. The van der Waals surface area contributed by atoms with E-state index >= 15 is 0 Å². The summed E-state index contributed by atoms with van der Waals surface area (Å²) in [5.41, 5.74) is 14.8. The SMILES string of the molecule is C=C(OC1CCC2(C)C(CCC3C4CCC(C(C)CCCC(C)C)C4CCC32)C1)c1cc(N)cc(N)c1. The van der Waals surface area contributed by atoms with Gasteiger partial charge < -0.3 is 16.2 Å². The highest BCUT2D eigenvalue weighted by Gasteiger charge is 2.57. The smallest absolute Gasteiger partial charge is 0.119 e. The molecule has 4 N–H and O–H groups in total. The van der Waals surface area contributed by atoms with E-state index in [1.54, 1.807) is 6.07 Å². The van der Waals surface area contributed by atoms with Crippen molar-refractivity contribution in [3.8, 4) is 0 Å². The molecule has 0 heterocycles. The van der Waals surface area contributed by atoms with E-state index in [1.807, 2.05) is 12.1 Å². The zero-order chi connectivity index (χ0) is 26.3. The Balaban J connectivity index is 1.19. The summed E-state index contributed by atoms with van der Waals surface area (Å²) in [7, 11) is 0. The van der Waals surface area contributed by atoms with Crippen LogP contribution in [0.5, 0.6) is 0 Å². The standard InChI is InChI=1S/C34H54N2O/c1-21(2)7-6-8-22(3)29-11-12-31-30(29)13-14-33-32(31)10-9-25-19-28(15-16-34(25,33)5)37-23(4)24-17-26(35)20-27(36)18-24/h17-18,20-22,25,28-33H,4,6-16,19,35-36H2,1-3,5H3. The molecule has 9 unspecified atom stereocenters. The first-order valence-corrected chi connectivity index (χ1v) is 15.7. The van der Waals surface area contributed by atoms with Crippen molar-refractivity contribution in [3.05, 3.63) is 30.3 Å². The predicted molar refractivity (Wildman–Crippen MR) is 158 cm³/mol. The molecule has 37 heavy (non-hydrogen) atoms. The second kappa shape index (κ2) is 10.9. The summed E-state index contributed by atoms with van der Waals surface area (Å²) in [5, 5.41) is 0. The molecule has 0 bridgehead atoms. The third-order valence-corrected chi connectivity index (χ3v) is 11.8. The van der Waals surface area contributed by atoms with Gasteiger partial charge in [0.25, 0.3) is 0 Å². The first kappa shape index (κ1) is 26.9. The lowest BCUT2D eigenvalue weighted by atomic mass is 9.46. The zero-order valence-electron chi connectivity index (χ0n) is 24.2. The Morgan fingerprint density at radius 1 is 0.919 bits per heavy atom. The van der Waals surface area contributed by atoms with Gasteiger partial charge in [0, 0.05) is 16.9 Å². The summed E-state index contributed by atoms with van der Waals surface area (Å²) in [6, 6.07) is 5.64. The molecule has 9 atom stereocenters. The van der Waals surface area contributed by atoms with Crippen LogP contribution in [0.4, 0.5) is 11.4 Å². The molecule has 4 aliphatic rings. The third-order valence-electron chi connectivity index (χ3n) is 11.8. The van der Waals surface area contributed by atoms with Gasteiger partial charge in [0.2, 0.25) is 0 Å². The second-order valence-corrected chi connectivity index (χ2v) is 14.3. The number of hydrogen-bond acceptors (Lipinski definition) is 3. The highest BCUT2D eigenvalue weighted by molar-refractivity contribution is 5.67. The third kappa shape index (κ3) is 5.44. The van der Waals surface area contributed by atoms with E-state index in [4.69, 9.17) is 16.2 Å². The van der Waals surface area contributed by atoms with E-state index in [0.29, 0.717) is 16.8 Å². The van der Waals surface area contributed by atoms with E-state index in [-0.39, 0.29) is 6.10 Å². The van der Waals surface area contributed by atoms with Crippen molar-refractivity contribution < 1.29 is 4.74 Å². The van der Waals surface area contributed by atoms with Gasteiger partial charge in [-0.2, -0.15) is 0 Å². The van der Waals surface area contributed by atoms with Crippen LogP contribution in [0.3, 0.4) is 0 Å². The highest BCUT2D eigenvalue weighted by Crippen LogP contribution is 2.64. The fourth-order valence-electron chi connectivity index (χ4n) is 9.90. The Kier molecular flexibility index (Phi) is 7.90. The summed E-state index contributed by atoms with van der Waals surface area (Å²) >= 11 is 0. The Morgan fingerprint density at radius 2 is 1.62 bits per heavy atom. The summed E-state index contributed by atoms with van der Waals surface area (Å²) in [4.78, 5) is 0. The maximum absolute atomic E-state index is 6.47. The molecule has 206 valence electrons. The average Bonchev–Trinajstić information content (AvgIpc) is 3.28. The molecule has 4 aliphatic carbocycles. The summed E-state index contributed by atoms with van der Waals surface area (Å²) in [5.74, 6) is 8.23. The van der Waals surface area contributed by atoms with Crippen LogP contribution < -0.4 is 11.5 Å². The number of ether oxygens (including phenoxy) is 1. The Morgan fingerprint density at radius 3 is 2.35 bits per heavy atom. The van der Waals surface area contributed by atoms with Gasteiger partial charge >= 0.3 is 0 Å². The van der Waals surface area contributed by atoms with Crippen LogP contribution >= 0.6 is 0 Å². The second-order valence-electron chi connectivity index (χ2n) is 14.3. The molecule has 0 amide bonds. The minimum Gasteiger partial charge on any atom is -0.490 e. The van der Waals surface area contributed by atoms with E-state index in [1.165, 1.54) is 70.6 Å². The molecule has 0 saturated heterocycles. The number of benzene rings is 1. The topological polar surface area (TPSA) is 61.3 Å². The van der Waals surface area contributed by atoms with Gasteiger partial charge in [-0.1, -0.05) is 53.5 Å². The van der Waals surface area contributed by atoms with E-state index in [9.17, 15) is 0 Å². The first-order valence-electron chi connectivity index (χ1n) is 15.7. The zero-order valence-corrected chi connectivity index (χ0v) is 24.2. The normalized spacial score (nSPS) is 37.9. The van der Waals surface area contributed by atoms with E-state index < -0.39 is 0 Å². The molecular formula is C34H54N2O. The van der Waals surface area contributed by atoms with Crippen LogP contribution in [0.25, 0.3) is 5.76 Å². The van der Waals surface area contributed by atoms with Crippen molar-refractivity contribution in [1.82, 2.24) is 0 Å². The lowest BCUT2D eigenvalue weighted by Crippen LogP contribution is -2.52. The van der Waals surface area contributed by atoms with Crippen LogP contribution in [0.1, 0.15) is 110 Å². The Labute approximate surface area is 227 Å². The largest absolute Gasteiger partial charge is 0.490 e. The van der Waals surface area contributed by atoms with Gasteiger partial charge in [0.05, 0.1) is 6.10 Å². The van der Waals surface area contributed by atoms with Crippen molar-refractivity contribution in [2.24, 2.45) is 52.8 Å². The summed E-state index contributed by atoms with van der Waals surface area (Å²) in [6.45, 7) is 14.2. The van der Waals surface area contributed by atoms with Crippen LogP contribution in [-0.2, 0) is 4.74 Å². The Bertz CT molecular complexity index is 935. The maximum atomic E-state index is 6.47. The Hall–Kier alpha value is -1.64. The molecule has 0 radical (unpaired) electrons.